The summed E-state index contributed by atoms with van der Waals surface area (Å²) in [6.45, 7) is 1.06. The summed E-state index contributed by atoms with van der Waals surface area (Å²) in [6, 6.07) is 15.7. The molecule has 1 atom stereocenters. The van der Waals surface area contributed by atoms with Gasteiger partial charge in [-0.05, 0) is 66.9 Å². The van der Waals surface area contributed by atoms with Gasteiger partial charge in [0.1, 0.15) is 17.3 Å². The van der Waals surface area contributed by atoms with Crippen molar-refractivity contribution >= 4 is 28.5 Å². The smallest absolute Gasteiger partial charge is 0.322 e. The van der Waals surface area contributed by atoms with Gasteiger partial charge in [-0.2, -0.15) is 0 Å². The number of aliphatic hydroxyl groups excluding tert-OH is 1. The Balaban J connectivity index is 1.38. The van der Waals surface area contributed by atoms with Crippen LogP contribution in [0.2, 0.25) is 0 Å². The average molecular weight is 544 g/mol. The molecule has 3 N–H and O–H groups in total. The summed E-state index contributed by atoms with van der Waals surface area (Å²) in [5.41, 5.74) is 3.10. The Morgan fingerprint density at radius 3 is 2.60 bits per heavy atom. The van der Waals surface area contributed by atoms with Crippen molar-refractivity contribution < 1.29 is 23.8 Å². The molecule has 2 aliphatic rings. The van der Waals surface area contributed by atoms with E-state index in [9.17, 15) is 19.1 Å². The fourth-order valence-electron chi connectivity index (χ4n) is 6.15. The molecule has 9 nitrogen and oxygen atoms in total. The van der Waals surface area contributed by atoms with E-state index in [1.807, 2.05) is 23.1 Å². The standard InChI is InChI=1S/C30H30FN5O4/c1-40-21-9-10-22-24(16-21)34-27-25(17-37)36(29(39)33-20-7-5-19(31)6-8-20)18-30(26(22)27)11-14-35(15-12-30)28(38)23-4-2-3-13-32-23/h2-10,13,16,25,34,37H,11-12,14-15,17-18H2,1H3,(H,33,39)/t25-/m1/s1. The second-order valence-electron chi connectivity index (χ2n) is 10.4. The first-order chi connectivity index (χ1) is 19.4. The number of pyridine rings is 1. The van der Waals surface area contributed by atoms with Crippen LogP contribution < -0.4 is 10.1 Å². The van der Waals surface area contributed by atoms with Crippen LogP contribution in [0, 0.1) is 5.82 Å². The van der Waals surface area contributed by atoms with Gasteiger partial charge >= 0.3 is 6.03 Å². The molecule has 0 radical (unpaired) electrons. The van der Waals surface area contributed by atoms with E-state index in [-0.39, 0.29) is 18.5 Å². The number of H-pyrrole nitrogens is 1. The fourth-order valence-corrected chi connectivity index (χ4v) is 6.15. The molecular formula is C30H30FN5O4. The van der Waals surface area contributed by atoms with Crippen molar-refractivity contribution in [2.45, 2.75) is 24.3 Å². The molecule has 0 aliphatic carbocycles. The van der Waals surface area contributed by atoms with E-state index in [2.05, 4.69) is 15.3 Å². The number of aliphatic hydroxyl groups is 1. The van der Waals surface area contributed by atoms with Gasteiger partial charge in [-0.15, -0.1) is 0 Å². The lowest BCUT2D eigenvalue weighted by Gasteiger charge is -2.50. The Kier molecular flexibility index (Phi) is 6.63. The third-order valence-electron chi connectivity index (χ3n) is 8.17. The van der Waals surface area contributed by atoms with Gasteiger partial charge in [0.15, 0.2) is 0 Å². The number of nitrogens with zero attached hydrogens (tertiary/aromatic N) is 3. The Bertz CT molecular complexity index is 1550. The SMILES string of the molecule is COc1ccc2c3c([nH]c2c1)[C@@H](CO)N(C(=O)Nc1ccc(F)cc1)CC31CCN(C(=O)c2ccccn2)CC1. The maximum Gasteiger partial charge on any atom is 0.322 e. The summed E-state index contributed by atoms with van der Waals surface area (Å²) >= 11 is 0. The summed E-state index contributed by atoms with van der Waals surface area (Å²) in [7, 11) is 1.61. The summed E-state index contributed by atoms with van der Waals surface area (Å²) in [5, 5.41) is 14.4. The van der Waals surface area contributed by atoms with Crippen LogP contribution in [0.25, 0.3) is 10.9 Å². The second kappa shape index (κ2) is 10.3. The van der Waals surface area contributed by atoms with Gasteiger partial charge in [0, 0.05) is 59.6 Å². The number of benzene rings is 2. The molecular weight excluding hydrogens is 513 g/mol. The quantitative estimate of drug-likeness (QED) is 0.352. The van der Waals surface area contributed by atoms with Gasteiger partial charge in [-0.3, -0.25) is 9.78 Å². The number of methoxy groups -OCH3 is 1. The van der Waals surface area contributed by atoms with Gasteiger partial charge in [0.05, 0.1) is 19.8 Å². The summed E-state index contributed by atoms with van der Waals surface area (Å²) in [5.74, 6) is 0.185. The number of aromatic amines is 1. The Hall–Kier alpha value is -4.44. The Morgan fingerprint density at radius 1 is 1.15 bits per heavy atom. The lowest BCUT2D eigenvalue weighted by Crippen LogP contribution is -2.56. The van der Waals surface area contributed by atoms with Crippen LogP contribution in [0.3, 0.4) is 0 Å². The van der Waals surface area contributed by atoms with E-state index in [4.69, 9.17) is 4.74 Å². The predicted molar refractivity (Wildman–Crippen MR) is 148 cm³/mol. The number of fused-ring (bicyclic) bond motifs is 4. The molecule has 1 spiro atoms. The van der Waals surface area contributed by atoms with Gasteiger partial charge < -0.3 is 29.9 Å². The molecule has 0 bridgehead atoms. The number of carbonyl (C=O) groups excluding carboxylic acids is 2. The minimum atomic E-state index is -0.618. The largest absolute Gasteiger partial charge is 0.497 e. The van der Waals surface area contributed by atoms with Crippen LogP contribution in [0.1, 0.15) is 40.6 Å². The number of piperidine rings is 1. The first-order valence-corrected chi connectivity index (χ1v) is 13.3. The maximum atomic E-state index is 13.6. The van der Waals surface area contributed by atoms with E-state index >= 15 is 0 Å². The molecule has 2 aromatic carbocycles. The van der Waals surface area contributed by atoms with Crippen molar-refractivity contribution in [2.75, 3.05) is 38.7 Å². The first-order valence-electron chi connectivity index (χ1n) is 13.3. The highest BCUT2D eigenvalue weighted by atomic mass is 19.1. The topological polar surface area (TPSA) is 111 Å². The van der Waals surface area contributed by atoms with E-state index in [0.717, 1.165) is 22.2 Å². The lowest BCUT2D eigenvalue weighted by molar-refractivity contribution is 0.0539. The highest BCUT2D eigenvalue weighted by molar-refractivity contribution is 5.93. The number of ether oxygens (including phenoxy) is 1. The Labute approximate surface area is 230 Å². The molecule has 4 heterocycles. The molecule has 1 fully saturated rings. The van der Waals surface area contributed by atoms with Crippen LogP contribution in [-0.4, -0.2) is 70.2 Å². The minimum Gasteiger partial charge on any atom is -0.497 e. The van der Waals surface area contributed by atoms with Crippen LogP contribution in [-0.2, 0) is 5.41 Å². The van der Waals surface area contributed by atoms with Crippen molar-refractivity contribution in [1.29, 1.82) is 0 Å². The second-order valence-corrected chi connectivity index (χ2v) is 10.4. The zero-order chi connectivity index (χ0) is 27.9. The molecule has 206 valence electrons. The molecule has 2 aromatic heterocycles. The van der Waals surface area contributed by atoms with Crippen molar-refractivity contribution in [3.63, 3.8) is 0 Å². The lowest BCUT2D eigenvalue weighted by atomic mass is 9.68. The normalized spacial score (nSPS) is 18.0. The average Bonchev–Trinajstić information content (AvgIpc) is 3.38. The van der Waals surface area contributed by atoms with Crippen LogP contribution in [0.5, 0.6) is 5.75 Å². The highest BCUT2D eigenvalue weighted by Gasteiger charge is 2.49. The number of rotatable bonds is 4. The third-order valence-corrected chi connectivity index (χ3v) is 8.17. The molecule has 1 saturated heterocycles. The number of hydrogen-bond donors (Lipinski definition) is 3. The highest BCUT2D eigenvalue weighted by Crippen LogP contribution is 2.49. The summed E-state index contributed by atoms with van der Waals surface area (Å²) in [4.78, 5) is 38.0. The number of likely N-dealkylation sites (tertiary alicyclic amines) is 1. The van der Waals surface area contributed by atoms with Gasteiger partial charge in [0.25, 0.3) is 5.91 Å². The van der Waals surface area contributed by atoms with E-state index in [1.54, 1.807) is 36.4 Å². The molecule has 0 unspecified atom stereocenters. The van der Waals surface area contributed by atoms with E-state index < -0.39 is 17.3 Å². The van der Waals surface area contributed by atoms with Crippen molar-refractivity contribution in [2.24, 2.45) is 0 Å². The summed E-state index contributed by atoms with van der Waals surface area (Å²) in [6.07, 6.45) is 2.85. The van der Waals surface area contributed by atoms with E-state index in [0.29, 0.717) is 49.6 Å². The zero-order valence-corrected chi connectivity index (χ0v) is 22.1. The molecule has 6 rings (SSSR count). The molecule has 3 amide bonds. The molecule has 40 heavy (non-hydrogen) atoms. The van der Waals surface area contributed by atoms with Crippen molar-refractivity contribution in [1.82, 2.24) is 19.8 Å². The fraction of sp³-hybridized carbons (Fsp3) is 0.300. The number of carbonyl (C=O) groups is 2. The molecule has 4 aromatic rings. The van der Waals surface area contributed by atoms with E-state index in [1.165, 1.54) is 24.3 Å². The van der Waals surface area contributed by atoms with Crippen molar-refractivity contribution in [3.8, 4) is 5.75 Å². The number of anilines is 1. The molecule has 0 saturated carbocycles. The van der Waals surface area contributed by atoms with Crippen LogP contribution >= 0.6 is 0 Å². The molecule has 10 heteroatoms. The predicted octanol–water partition coefficient (Wildman–Crippen LogP) is 4.47. The van der Waals surface area contributed by atoms with Gasteiger partial charge in [0.2, 0.25) is 0 Å². The third kappa shape index (κ3) is 4.44. The summed E-state index contributed by atoms with van der Waals surface area (Å²) < 4.78 is 18.9. The number of nitrogens with one attached hydrogen (secondary N) is 2. The maximum absolute atomic E-state index is 13.6. The number of aromatic nitrogens is 2. The number of hydrogen-bond acceptors (Lipinski definition) is 5. The van der Waals surface area contributed by atoms with Crippen LogP contribution in [0.15, 0.2) is 66.9 Å². The van der Waals surface area contributed by atoms with Gasteiger partial charge in [-0.25, -0.2) is 9.18 Å². The Morgan fingerprint density at radius 2 is 1.93 bits per heavy atom. The zero-order valence-electron chi connectivity index (χ0n) is 22.1. The molecule has 2 aliphatic heterocycles. The van der Waals surface area contributed by atoms with Crippen molar-refractivity contribution in [3.05, 3.63) is 89.6 Å². The number of urea groups is 1. The van der Waals surface area contributed by atoms with Gasteiger partial charge in [-0.1, -0.05) is 6.07 Å². The minimum absolute atomic E-state index is 0.116. The number of halogens is 1. The first kappa shape index (κ1) is 25.8. The van der Waals surface area contributed by atoms with Crippen LogP contribution in [0.4, 0.5) is 14.9 Å². The number of amides is 3. The monoisotopic (exact) mass is 543 g/mol.